The number of para-hydroxylation sites is 2. The maximum atomic E-state index is 13.5. The lowest BCUT2D eigenvalue weighted by Crippen LogP contribution is -2.25. The van der Waals surface area contributed by atoms with Gasteiger partial charge in [0.2, 0.25) is 5.91 Å². The molecule has 0 saturated carbocycles. The van der Waals surface area contributed by atoms with Crippen LogP contribution in [0, 0.1) is 0 Å². The second kappa shape index (κ2) is 8.74. The van der Waals surface area contributed by atoms with Gasteiger partial charge >= 0.3 is 0 Å². The highest BCUT2D eigenvalue weighted by atomic mass is 16.2. The SMILES string of the molecule is CCc1ccccc1NC(=O)Cn1c2ccccc2c2ncn(Cc3ccccc3)c(=O)c21. The van der Waals surface area contributed by atoms with Crippen LogP contribution in [0.3, 0.4) is 0 Å². The van der Waals surface area contributed by atoms with E-state index in [0.29, 0.717) is 17.6 Å². The fourth-order valence-electron chi connectivity index (χ4n) is 4.29. The Balaban J connectivity index is 1.58. The van der Waals surface area contributed by atoms with Gasteiger partial charge in [0, 0.05) is 11.1 Å². The fraction of sp³-hybridized carbons (Fsp3) is 0.148. The van der Waals surface area contributed by atoms with Crippen molar-refractivity contribution in [2.45, 2.75) is 26.4 Å². The summed E-state index contributed by atoms with van der Waals surface area (Å²) in [4.78, 5) is 31.2. The molecular weight excluding hydrogens is 412 g/mol. The molecule has 0 aliphatic heterocycles. The highest BCUT2D eigenvalue weighted by molar-refractivity contribution is 6.06. The number of benzene rings is 3. The molecule has 0 aliphatic rings. The van der Waals surface area contributed by atoms with Crippen LogP contribution in [0.5, 0.6) is 0 Å². The first-order chi connectivity index (χ1) is 16.2. The predicted molar refractivity (Wildman–Crippen MR) is 131 cm³/mol. The van der Waals surface area contributed by atoms with Crippen LogP contribution < -0.4 is 10.9 Å². The quantitative estimate of drug-likeness (QED) is 0.423. The number of amides is 1. The number of aromatic nitrogens is 3. The molecule has 33 heavy (non-hydrogen) atoms. The van der Waals surface area contributed by atoms with Crippen molar-refractivity contribution >= 4 is 33.5 Å². The molecule has 1 amide bonds. The molecule has 6 nitrogen and oxygen atoms in total. The van der Waals surface area contributed by atoms with Crippen molar-refractivity contribution in [3.05, 3.63) is 107 Å². The molecule has 5 rings (SSSR count). The van der Waals surface area contributed by atoms with Crippen molar-refractivity contribution in [1.82, 2.24) is 14.1 Å². The Morgan fingerprint density at radius 1 is 0.939 bits per heavy atom. The number of carbonyl (C=O) groups is 1. The number of fused-ring (bicyclic) bond motifs is 3. The monoisotopic (exact) mass is 436 g/mol. The minimum absolute atomic E-state index is 0.0222. The number of rotatable bonds is 6. The van der Waals surface area contributed by atoms with Gasteiger partial charge in [-0.3, -0.25) is 14.2 Å². The largest absolute Gasteiger partial charge is 0.325 e. The van der Waals surface area contributed by atoms with Crippen LogP contribution in [-0.2, 0) is 24.3 Å². The Morgan fingerprint density at radius 3 is 2.48 bits per heavy atom. The number of hydrogen-bond donors (Lipinski definition) is 1. The lowest BCUT2D eigenvalue weighted by molar-refractivity contribution is -0.116. The van der Waals surface area contributed by atoms with E-state index in [0.717, 1.165) is 34.1 Å². The third-order valence-corrected chi connectivity index (χ3v) is 5.90. The third-order valence-electron chi connectivity index (χ3n) is 5.90. The van der Waals surface area contributed by atoms with E-state index in [2.05, 4.69) is 17.2 Å². The van der Waals surface area contributed by atoms with Crippen LogP contribution in [0.15, 0.2) is 90.0 Å². The molecule has 6 heteroatoms. The van der Waals surface area contributed by atoms with E-state index in [9.17, 15) is 9.59 Å². The van der Waals surface area contributed by atoms with E-state index in [-0.39, 0.29) is 18.0 Å². The molecule has 0 radical (unpaired) electrons. The number of anilines is 1. The van der Waals surface area contributed by atoms with Crippen molar-refractivity contribution in [3.8, 4) is 0 Å². The lowest BCUT2D eigenvalue weighted by Gasteiger charge is -2.12. The van der Waals surface area contributed by atoms with Crippen molar-refractivity contribution < 1.29 is 4.79 Å². The van der Waals surface area contributed by atoms with Gasteiger partial charge in [-0.15, -0.1) is 0 Å². The summed E-state index contributed by atoms with van der Waals surface area (Å²) >= 11 is 0. The highest BCUT2D eigenvalue weighted by Gasteiger charge is 2.18. The minimum Gasteiger partial charge on any atom is -0.325 e. The average Bonchev–Trinajstić information content (AvgIpc) is 3.16. The van der Waals surface area contributed by atoms with E-state index < -0.39 is 0 Å². The Labute approximate surface area is 191 Å². The van der Waals surface area contributed by atoms with Crippen LogP contribution in [0.2, 0.25) is 0 Å². The molecule has 0 aliphatic carbocycles. The van der Waals surface area contributed by atoms with Gasteiger partial charge in [-0.2, -0.15) is 0 Å². The summed E-state index contributed by atoms with van der Waals surface area (Å²) in [5.74, 6) is -0.184. The summed E-state index contributed by atoms with van der Waals surface area (Å²) < 4.78 is 3.38. The summed E-state index contributed by atoms with van der Waals surface area (Å²) in [6, 6.07) is 25.2. The topological polar surface area (TPSA) is 68.9 Å². The molecule has 0 saturated heterocycles. The number of hydrogen-bond acceptors (Lipinski definition) is 3. The van der Waals surface area contributed by atoms with Crippen LogP contribution in [0.4, 0.5) is 5.69 Å². The number of aryl methyl sites for hydroxylation is 1. The molecule has 164 valence electrons. The molecule has 2 heterocycles. The molecule has 1 N–H and O–H groups in total. The van der Waals surface area contributed by atoms with Crippen LogP contribution in [0.25, 0.3) is 21.9 Å². The van der Waals surface area contributed by atoms with Gasteiger partial charge < -0.3 is 9.88 Å². The molecule has 3 aromatic carbocycles. The Morgan fingerprint density at radius 2 is 1.67 bits per heavy atom. The normalized spacial score (nSPS) is 11.2. The second-order valence-corrected chi connectivity index (χ2v) is 8.02. The van der Waals surface area contributed by atoms with E-state index >= 15 is 0 Å². The van der Waals surface area contributed by atoms with Gasteiger partial charge in [0.1, 0.15) is 17.6 Å². The van der Waals surface area contributed by atoms with Crippen molar-refractivity contribution in [2.24, 2.45) is 0 Å². The van der Waals surface area contributed by atoms with Crippen LogP contribution in [-0.4, -0.2) is 20.0 Å². The van der Waals surface area contributed by atoms with Gasteiger partial charge in [-0.25, -0.2) is 4.98 Å². The van der Waals surface area contributed by atoms with Gasteiger partial charge in [0.15, 0.2) is 0 Å². The molecule has 0 atom stereocenters. The molecular formula is C27H24N4O2. The number of carbonyl (C=O) groups excluding carboxylic acids is 1. The minimum atomic E-state index is -0.184. The van der Waals surface area contributed by atoms with E-state index in [1.807, 2.05) is 78.9 Å². The second-order valence-electron chi connectivity index (χ2n) is 8.02. The molecule has 0 unspecified atom stereocenters. The molecule has 2 aromatic heterocycles. The number of nitrogens with zero attached hydrogens (tertiary/aromatic N) is 3. The molecule has 0 fully saturated rings. The lowest BCUT2D eigenvalue weighted by atomic mass is 10.1. The summed E-state index contributed by atoms with van der Waals surface area (Å²) in [7, 11) is 0. The fourth-order valence-corrected chi connectivity index (χ4v) is 4.29. The van der Waals surface area contributed by atoms with Crippen LogP contribution in [0.1, 0.15) is 18.1 Å². The Hall–Kier alpha value is -4.19. The maximum absolute atomic E-state index is 13.5. The summed E-state index contributed by atoms with van der Waals surface area (Å²) in [5, 5.41) is 3.87. The van der Waals surface area contributed by atoms with E-state index in [4.69, 9.17) is 0 Å². The van der Waals surface area contributed by atoms with Crippen molar-refractivity contribution in [3.63, 3.8) is 0 Å². The van der Waals surface area contributed by atoms with E-state index in [1.54, 1.807) is 15.5 Å². The zero-order valence-electron chi connectivity index (χ0n) is 18.4. The average molecular weight is 437 g/mol. The first-order valence-corrected chi connectivity index (χ1v) is 11.0. The smallest absolute Gasteiger partial charge is 0.278 e. The van der Waals surface area contributed by atoms with Gasteiger partial charge in [-0.1, -0.05) is 73.7 Å². The zero-order chi connectivity index (χ0) is 22.8. The highest BCUT2D eigenvalue weighted by Crippen LogP contribution is 2.25. The van der Waals surface area contributed by atoms with Gasteiger partial charge in [-0.05, 0) is 29.7 Å². The number of nitrogens with one attached hydrogen (secondary N) is 1. The zero-order valence-corrected chi connectivity index (χ0v) is 18.4. The van der Waals surface area contributed by atoms with Crippen molar-refractivity contribution in [2.75, 3.05) is 5.32 Å². The van der Waals surface area contributed by atoms with Crippen molar-refractivity contribution in [1.29, 1.82) is 0 Å². The molecule has 0 spiro atoms. The Kier molecular flexibility index (Phi) is 5.48. The predicted octanol–water partition coefficient (Wildman–Crippen LogP) is 4.60. The maximum Gasteiger partial charge on any atom is 0.278 e. The summed E-state index contributed by atoms with van der Waals surface area (Å²) in [5.41, 5.74) is 4.58. The first-order valence-electron chi connectivity index (χ1n) is 11.0. The third kappa shape index (κ3) is 3.91. The van der Waals surface area contributed by atoms with E-state index in [1.165, 1.54) is 0 Å². The molecule has 5 aromatic rings. The Bertz CT molecular complexity index is 1520. The summed E-state index contributed by atoms with van der Waals surface area (Å²) in [6.45, 7) is 2.49. The summed E-state index contributed by atoms with van der Waals surface area (Å²) in [6.07, 6.45) is 2.41. The molecule has 0 bridgehead atoms. The standard InChI is InChI=1S/C27H24N4O2/c1-2-20-12-6-8-14-22(20)29-24(32)17-31-23-15-9-7-13-21(23)25-26(31)27(33)30(18-28-25)16-19-10-4-3-5-11-19/h3-15,18H,2,16-17H2,1H3,(H,29,32). The van der Waals surface area contributed by atoms with Gasteiger partial charge in [0.05, 0.1) is 18.4 Å². The van der Waals surface area contributed by atoms with Crippen LogP contribution >= 0.6 is 0 Å². The first kappa shape index (κ1) is 20.7. The van der Waals surface area contributed by atoms with Gasteiger partial charge in [0.25, 0.3) is 5.56 Å².